The number of fused-ring (bicyclic) bond motifs is 1. The number of benzene rings is 1. The van der Waals surface area contributed by atoms with Gasteiger partial charge in [0.2, 0.25) is 0 Å². The quantitative estimate of drug-likeness (QED) is 0.765. The van der Waals surface area contributed by atoms with Gasteiger partial charge < -0.3 is 11.1 Å². The summed E-state index contributed by atoms with van der Waals surface area (Å²) in [5, 5.41) is 6.63. The van der Waals surface area contributed by atoms with Crippen LogP contribution < -0.4 is 11.1 Å². The molecule has 96 valence electrons. The molecule has 19 heavy (non-hydrogen) atoms. The highest BCUT2D eigenvalue weighted by molar-refractivity contribution is 7.10. The molecular weight excluding hydrogens is 254 g/mol. The number of aromatic nitrogens is 1. The SMILES string of the molecule is Nc1ccsc1CNCc1cccc2cccnc12. The molecule has 0 amide bonds. The van der Waals surface area contributed by atoms with Gasteiger partial charge in [0.05, 0.1) is 5.52 Å². The molecule has 2 aromatic heterocycles. The molecule has 3 N–H and O–H groups in total. The lowest BCUT2D eigenvalue weighted by atomic mass is 10.1. The van der Waals surface area contributed by atoms with Crippen molar-refractivity contribution in [3.05, 3.63) is 58.4 Å². The van der Waals surface area contributed by atoms with Crippen molar-refractivity contribution in [1.29, 1.82) is 0 Å². The predicted molar refractivity (Wildman–Crippen MR) is 81.0 cm³/mol. The third-order valence-electron chi connectivity index (χ3n) is 3.10. The van der Waals surface area contributed by atoms with Crippen molar-refractivity contribution in [1.82, 2.24) is 10.3 Å². The molecule has 0 saturated heterocycles. The summed E-state index contributed by atoms with van der Waals surface area (Å²) in [6, 6.07) is 12.3. The fraction of sp³-hybridized carbons (Fsp3) is 0.133. The van der Waals surface area contributed by atoms with Crippen molar-refractivity contribution in [2.75, 3.05) is 5.73 Å². The minimum atomic E-state index is 0.797. The Balaban J connectivity index is 1.74. The van der Waals surface area contributed by atoms with Crippen LogP contribution in [0.4, 0.5) is 5.69 Å². The summed E-state index contributed by atoms with van der Waals surface area (Å²) in [5.74, 6) is 0. The molecule has 0 aliphatic rings. The lowest BCUT2D eigenvalue weighted by Gasteiger charge is -2.07. The fourth-order valence-electron chi connectivity index (χ4n) is 2.11. The molecule has 0 saturated carbocycles. The number of para-hydroxylation sites is 1. The molecular formula is C15H15N3S. The molecule has 0 bridgehead atoms. The van der Waals surface area contributed by atoms with E-state index in [1.807, 2.05) is 23.7 Å². The van der Waals surface area contributed by atoms with Crippen LogP contribution >= 0.6 is 11.3 Å². The van der Waals surface area contributed by atoms with Gasteiger partial charge in [0.1, 0.15) is 0 Å². The van der Waals surface area contributed by atoms with Crippen molar-refractivity contribution in [3.63, 3.8) is 0 Å². The summed E-state index contributed by atoms with van der Waals surface area (Å²) in [6.45, 7) is 1.60. The molecule has 4 heteroatoms. The summed E-state index contributed by atoms with van der Waals surface area (Å²) in [5.41, 5.74) is 9.02. The zero-order chi connectivity index (χ0) is 13.1. The maximum Gasteiger partial charge on any atom is 0.0746 e. The molecule has 0 aliphatic heterocycles. The number of thiophene rings is 1. The summed E-state index contributed by atoms with van der Waals surface area (Å²) >= 11 is 1.69. The van der Waals surface area contributed by atoms with E-state index >= 15 is 0 Å². The lowest BCUT2D eigenvalue weighted by Crippen LogP contribution is -2.13. The van der Waals surface area contributed by atoms with E-state index < -0.39 is 0 Å². The zero-order valence-electron chi connectivity index (χ0n) is 10.5. The number of rotatable bonds is 4. The molecule has 3 rings (SSSR count). The highest BCUT2D eigenvalue weighted by atomic mass is 32.1. The average molecular weight is 269 g/mol. The van der Waals surface area contributed by atoms with Crippen LogP contribution in [-0.2, 0) is 13.1 Å². The number of nitrogen functional groups attached to an aromatic ring is 1. The maximum atomic E-state index is 5.87. The smallest absolute Gasteiger partial charge is 0.0746 e. The van der Waals surface area contributed by atoms with Gasteiger partial charge in [-0.25, -0.2) is 0 Å². The van der Waals surface area contributed by atoms with E-state index in [2.05, 4.69) is 34.6 Å². The molecule has 3 aromatic rings. The normalized spacial score (nSPS) is 10.9. The van der Waals surface area contributed by atoms with E-state index in [0.717, 1.165) is 24.3 Å². The molecule has 0 spiro atoms. The Kier molecular flexibility index (Phi) is 3.44. The predicted octanol–water partition coefficient (Wildman–Crippen LogP) is 3.17. The first-order chi connectivity index (χ1) is 9.34. The number of nitrogens with zero attached hydrogens (tertiary/aromatic N) is 1. The second kappa shape index (κ2) is 5.38. The summed E-state index contributed by atoms with van der Waals surface area (Å²) < 4.78 is 0. The maximum absolute atomic E-state index is 5.87. The van der Waals surface area contributed by atoms with Crippen molar-refractivity contribution in [2.24, 2.45) is 0 Å². The Hall–Kier alpha value is -1.91. The molecule has 0 atom stereocenters. The minimum absolute atomic E-state index is 0.797. The Morgan fingerprint density at radius 1 is 1.11 bits per heavy atom. The summed E-state index contributed by atoms with van der Waals surface area (Å²) in [4.78, 5) is 5.64. The van der Waals surface area contributed by atoms with E-state index in [4.69, 9.17) is 5.73 Å². The third-order valence-corrected chi connectivity index (χ3v) is 4.03. The Labute approximate surface area is 116 Å². The second-order valence-electron chi connectivity index (χ2n) is 4.39. The van der Waals surface area contributed by atoms with Crippen molar-refractivity contribution >= 4 is 27.9 Å². The van der Waals surface area contributed by atoms with E-state index in [0.29, 0.717) is 0 Å². The van der Waals surface area contributed by atoms with Gasteiger partial charge in [-0.2, -0.15) is 0 Å². The molecule has 1 aromatic carbocycles. The van der Waals surface area contributed by atoms with Crippen molar-refractivity contribution in [2.45, 2.75) is 13.1 Å². The van der Waals surface area contributed by atoms with Crippen molar-refractivity contribution < 1.29 is 0 Å². The number of anilines is 1. The number of nitrogens with two attached hydrogens (primary N) is 1. The number of hydrogen-bond acceptors (Lipinski definition) is 4. The van der Waals surface area contributed by atoms with Crippen LogP contribution in [0.3, 0.4) is 0 Å². The molecule has 0 radical (unpaired) electrons. The van der Waals surface area contributed by atoms with Crippen LogP contribution in [0.15, 0.2) is 48.0 Å². The van der Waals surface area contributed by atoms with Crippen molar-refractivity contribution in [3.8, 4) is 0 Å². The first kappa shape index (κ1) is 12.1. The van der Waals surface area contributed by atoms with Crippen LogP contribution in [-0.4, -0.2) is 4.98 Å². The zero-order valence-corrected chi connectivity index (χ0v) is 11.3. The first-order valence-electron chi connectivity index (χ1n) is 6.20. The van der Waals surface area contributed by atoms with Gasteiger partial charge in [0.15, 0.2) is 0 Å². The third kappa shape index (κ3) is 2.59. The summed E-state index contributed by atoms with van der Waals surface area (Å²) in [7, 11) is 0. The van der Waals surface area contributed by atoms with Gasteiger partial charge in [0, 0.05) is 35.2 Å². The fourth-order valence-corrected chi connectivity index (χ4v) is 2.88. The standard InChI is InChI=1S/C15H15N3S/c16-13-6-8-19-14(13)10-17-9-12-4-1-3-11-5-2-7-18-15(11)12/h1-8,17H,9-10,16H2. The highest BCUT2D eigenvalue weighted by Crippen LogP contribution is 2.19. The number of nitrogens with one attached hydrogen (secondary N) is 1. The second-order valence-corrected chi connectivity index (χ2v) is 5.40. The van der Waals surface area contributed by atoms with E-state index in [9.17, 15) is 0 Å². The van der Waals surface area contributed by atoms with Crippen LogP contribution in [0.2, 0.25) is 0 Å². The number of pyridine rings is 1. The molecule has 0 aliphatic carbocycles. The first-order valence-corrected chi connectivity index (χ1v) is 7.08. The van der Waals surface area contributed by atoms with Gasteiger partial charge in [-0.15, -0.1) is 11.3 Å². The largest absolute Gasteiger partial charge is 0.398 e. The number of hydrogen-bond donors (Lipinski definition) is 2. The topological polar surface area (TPSA) is 50.9 Å². The Morgan fingerprint density at radius 2 is 2.00 bits per heavy atom. The molecule has 0 fully saturated rings. The van der Waals surface area contributed by atoms with E-state index in [1.165, 1.54) is 15.8 Å². The highest BCUT2D eigenvalue weighted by Gasteiger charge is 2.03. The van der Waals surface area contributed by atoms with E-state index in [1.54, 1.807) is 11.3 Å². The summed E-state index contributed by atoms with van der Waals surface area (Å²) in [6.07, 6.45) is 1.84. The lowest BCUT2D eigenvalue weighted by molar-refractivity contribution is 0.704. The van der Waals surface area contributed by atoms with Gasteiger partial charge >= 0.3 is 0 Å². The Bertz CT molecular complexity index is 685. The molecule has 0 unspecified atom stereocenters. The van der Waals surface area contributed by atoms with E-state index in [-0.39, 0.29) is 0 Å². The average Bonchev–Trinajstić information content (AvgIpc) is 2.85. The molecule has 3 nitrogen and oxygen atoms in total. The van der Waals surface area contributed by atoms with Crippen LogP contribution in [0.5, 0.6) is 0 Å². The minimum Gasteiger partial charge on any atom is -0.398 e. The molecule has 2 heterocycles. The van der Waals surface area contributed by atoms with Gasteiger partial charge in [-0.3, -0.25) is 4.98 Å². The van der Waals surface area contributed by atoms with Crippen LogP contribution in [0, 0.1) is 0 Å². The van der Waals surface area contributed by atoms with Crippen LogP contribution in [0.1, 0.15) is 10.4 Å². The van der Waals surface area contributed by atoms with Crippen LogP contribution in [0.25, 0.3) is 10.9 Å². The van der Waals surface area contributed by atoms with Gasteiger partial charge in [-0.1, -0.05) is 24.3 Å². The van der Waals surface area contributed by atoms with Gasteiger partial charge in [-0.05, 0) is 23.1 Å². The monoisotopic (exact) mass is 269 g/mol. The van der Waals surface area contributed by atoms with Gasteiger partial charge in [0.25, 0.3) is 0 Å². The Morgan fingerprint density at radius 3 is 2.84 bits per heavy atom.